The van der Waals surface area contributed by atoms with E-state index in [0.717, 1.165) is 11.3 Å². The topological polar surface area (TPSA) is 23.6 Å². The SMILES string of the molecule is CN(Cc1ccc(N(C)C)cc1)C(=O)C(C)(C)CCl. The summed E-state index contributed by atoms with van der Waals surface area (Å²) < 4.78 is 0. The quantitative estimate of drug-likeness (QED) is 0.775. The van der Waals surface area contributed by atoms with Crippen molar-refractivity contribution in [3.8, 4) is 0 Å². The standard InChI is InChI=1S/C15H23ClN2O/c1-15(2,11-16)14(19)18(5)10-12-6-8-13(9-7-12)17(3)4/h6-9H,10-11H2,1-5H3. The Morgan fingerprint density at radius 3 is 2.11 bits per heavy atom. The predicted molar refractivity (Wildman–Crippen MR) is 81.7 cm³/mol. The van der Waals surface area contributed by atoms with Gasteiger partial charge in [-0.25, -0.2) is 0 Å². The molecule has 3 nitrogen and oxygen atoms in total. The molecule has 0 aromatic heterocycles. The zero-order valence-corrected chi connectivity index (χ0v) is 13.2. The van der Waals surface area contributed by atoms with Crippen LogP contribution in [0.5, 0.6) is 0 Å². The van der Waals surface area contributed by atoms with Gasteiger partial charge < -0.3 is 9.80 Å². The lowest BCUT2D eigenvalue weighted by molar-refractivity contribution is -0.138. The summed E-state index contributed by atoms with van der Waals surface area (Å²) in [6.45, 7) is 4.34. The Bertz CT molecular complexity index is 426. The first kappa shape index (κ1) is 15.8. The minimum Gasteiger partial charge on any atom is -0.378 e. The highest BCUT2D eigenvalue weighted by molar-refractivity contribution is 6.19. The van der Waals surface area contributed by atoms with Gasteiger partial charge in [-0.3, -0.25) is 4.79 Å². The Morgan fingerprint density at radius 2 is 1.68 bits per heavy atom. The van der Waals surface area contributed by atoms with E-state index in [1.165, 1.54) is 0 Å². The van der Waals surface area contributed by atoms with Crippen LogP contribution in [0.15, 0.2) is 24.3 Å². The minimum absolute atomic E-state index is 0.0687. The van der Waals surface area contributed by atoms with E-state index in [4.69, 9.17) is 11.6 Å². The molecule has 0 bridgehead atoms. The third-order valence-corrected chi connectivity index (χ3v) is 3.80. The Morgan fingerprint density at radius 1 is 1.16 bits per heavy atom. The summed E-state index contributed by atoms with van der Waals surface area (Å²) in [4.78, 5) is 16.0. The van der Waals surface area contributed by atoms with Crippen LogP contribution in [0.25, 0.3) is 0 Å². The van der Waals surface area contributed by atoms with Crippen molar-refractivity contribution >= 4 is 23.2 Å². The molecule has 0 aliphatic carbocycles. The summed E-state index contributed by atoms with van der Waals surface area (Å²) in [5.41, 5.74) is 1.76. The van der Waals surface area contributed by atoms with E-state index in [1.807, 2.05) is 47.1 Å². The van der Waals surface area contributed by atoms with Gasteiger partial charge in [0.1, 0.15) is 0 Å². The van der Waals surface area contributed by atoms with Crippen molar-refractivity contribution in [3.63, 3.8) is 0 Å². The fourth-order valence-corrected chi connectivity index (χ4v) is 1.93. The maximum atomic E-state index is 12.2. The molecule has 1 rings (SSSR count). The molecule has 1 amide bonds. The zero-order chi connectivity index (χ0) is 14.6. The Hall–Kier alpha value is -1.22. The lowest BCUT2D eigenvalue weighted by atomic mass is 9.94. The van der Waals surface area contributed by atoms with E-state index in [0.29, 0.717) is 12.4 Å². The fourth-order valence-electron chi connectivity index (χ4n) is 1.82. The second-order valence-electron chi connectivity index (χ2n) is 5.74. The highest BCUT2D eigenvalue weighted by atomic mass is 35.5. The van der Waals surface area contributed by atoms with Gasteiger partial charge in [-0.15, -0.1) is 11.6 Å². The maximum absolute atomic E-state index is 12.2. The molecule has 0 spiro atoms. The molecule has 19 heavy (non-hydrogen) atoms. The summed E-state index contributed by atoms with van der Waals surface area (Å²) in [5.74, 6) is 0.398. The summed E-state index contributed by atoms with van der Waals surface area (Å²) >= 11 is 5.84. The lowest BCUT2D eigenvalue weighted by Crippen LogP contribution is -2.39. The van der Waals surface area contributed by atoms with Crippen molar-refractivity contribution in [2.75, 3.05) is 31.9 Å². The molecule has 1 aromatic carbocycles. The number of anilines is 1. The summed E-state index contributed by atoms with van der Waals surface area (Å²) in [6.07, 6.45) is 0. The van der Waals surface area contributed by atoms with Crippen LogP contribution in [0.2, 0.25) is 0 Å². The first-order valence-corrected chi connectivity index (χ1v) is 6.89. The average Bonchev–Trinajstić information content (AvgIpc) is 2.38. The van der Waals surface area contributed by atoms with Gasteiger partial charge in [-0.05, 0) is 31.5 Å². The molecule has 0 atom stereocenters. The third-order valence-electron chi connectivity index (χ3n) is 3.13. The number of alkyl halides is 1. The van der Waals surface area contributed by atoms with Crippen LogP contribution in [0.4, 0.5) is 5.69 Å². The highest BCUT2D eigenvalue weighted by Crippen LogP contribution is 2.21. The number of hydrogen-bond donors (Lipinski definition) is 0. The number of nitrogens with zero attached hydrogens (tertiary/aromatic N) is 2. The van der Waals surface area contributed by atoms with Crippen molar-refractivity contribution in [1.82, 2.24) is 4.90 Å². The molecular formula is C15H23ClN2O. The molecule has 0 saturated heterocycles. The molecule has 0 unspecified atom stereocenters. The normalized spacial score (nSPS) is 11.3. The van der Waals surface area contributed by atoms with Gasteiger partial charge in [0.2, 0.25) is 5.91 Å². The van der Waals surface area contributed by atoms with Gasteiger partial charge in [0.15, 0.2) is 0 Å². The smallest absolute Gasteiger partial charge is 0.229 e. The van der Waals surface area contributed by atoms with Crippen LogP contribution in [0.1, 0.15) is 19.4 Å². The molecule has 0 aliphatic heterocycles. The molecule has 0 radical (unpaired) electrons. The Labute approximate surface area is 121 Å². The van der Waals surface area contributed by atoms with Crippen molar-refractivity contribution < 1.29 is 4.79 Å². The highest BCUT2D eigenvalue weighted by Gasteiger charge is 2.29. The van der Waals surface area contributed by atoms with Crippen LogP contribution >= 0.6 is 11.6 Å². The number of carbonyl (C=O) groups excluding carboxylic acids is 1. The second-order valence-corrected chi connectivity index (χ2v) is 6.01. The molecular weight excluding hydrogens is 260 g/mol. The molecule has 0 N–H and O–H groups in total. The predicted octanol–water partition coefficient (Wildman–Crippen LogP) is 2.98. The number of rotatable bonds is 5. The van der Waals surface area contributed by atoms with Crippen molar-refractivity contribution in [2.45, 2.75) is 20.4 Å². The van der Waals surface area contributed by atoms with Crippen LogP contribution in [0.3, 0.4) is 0 Å². The third kappa shape index (κ3) is 4.13. The molecule has 1 aromatic rings. The maximum Gasteiger partial charge on any atom is 0.229 e. The van der Waals surface area contributed by atoms with Gasteiger partial charge in [0, 0.05) is 39.3 Å². The van der Waals surface area contributed by atoms with E-state index in [-0.39, 0.29) is 5.91 Å². The zero-order valence-electron chi connectivity index (χ0n) is 12.4. The largest absolute Gasteiger partial charge is 0.378 e. The average molecular weight is 283 g/mol. The van der Waals surface area contributed by atoms with Gasteiger partial charge in [0.05, 0.1) is 5.41 Å². The number of hydrogen-bond acceptors (Lipinski definition) is 2. The van der Waals surface area contributed by atoms with Gasteiger partial charge >= 0.3 is 0 Å². The number of carbonyl (C=O) groups is 1. The molecule has 0 saturated carbocycles. The first-order valence-electron chi connectivity index (χ1n) is 6.35. The van der Waals surface area contributed by atoms with E-state index in [9.17, 15) is 4.79 Å². The number of benzene rings is 1. The summed E-state index contributed by atoms with van der Waals surface area (Å²) in [6, 6.07) is 8.21. The molecule has 0 fully saturated rings. The Kier molecular flexibility index (Phi) is 5.24. The van der Waals surface area contributed by atoms with E-state index in [1.54, 1.807) is 4.90 Å². The van der Waals surface area contributed by atoms with Crippen LogP contribution in [-0.2, 0) is 11.3 Å². The first-order chi connectivity index (χ1) is 8.77. The second kappa shape index (κ2) is 6.29. The van der Waals surface area contributed by atoms with Gasteiger partial charge in [-0.1, -0.05) is 12.1 Å². The summed E-state index contributed by atoms with van der Waals surface area (Å²) in [7, 11) is 5.83. The van der Waals surface area contributed by atoms with E-state index >= 15 is 0 Å². The van der Waals surface area contributed by atoms with Crippen LogP contribution in [-0.4, -0.2) is 37.8 Å². The van der Waals surface area contributed by atoms with E-state index < -0.39 is 5.41 Å². The van der Waals surface area contributed by atoms with Crippen molar-refractivity contribution in [3.05, 3.63) is 29.8 Å². The fraction of sp³-hybridized carbons (Fsp3) is 0.533. The van der Waals surface area contributed by atoms with Crippen LogP contribution in [0, 0.1) is 5.41 Å². The van der Waals surface area contributed by atoms with Gasteiger partial charge in [0.25, 0.3) is 0 Å². The van der Waals surface area contributed by atoms with Crippen LogP contribution < -0.4 is 4.90 Å². The summed E-state index contributed by atoms with van der Waals surface area (Å²) in [5, 5.41) is 0. The monoisotopic (exact) mass is 282 g/mol. The molecule has 0 heterocycles. The molecule has 0 aliphatic rings. The minimum atomic E-state index is -0.514. The number of amides is 1. The van der Waals surface area contributed by atoms with Crippen molar-refractivity contribution in [2.24, 2.45) is 5.41 Å². The molecule has 106 valence electrons. The van der Waals surface area contributed by atoms with Gasteiger partial charge in [-0.2, -0.15) is 0 Å². The van der Waals surface area contributed by atoms with Crippen molar-refractivity contribution in [1.29, 1.82) is 0 Å². The molecule has 4 heteroatoms. The van der Waals surface area contributed by atoms with E-state index in [2.05, 4.69) is 17.0 Å². The lowest BCUT2D eigenvalue weighted by Gasteiger charge is -2.27. The Balaban J connectivity index is 2.72. The number of halogens is 1.